The zero-order valence-corrected chi connectivity index (χ0v) is 36.6. The van der Waals surface area contributed by atoms with Crippen molar-refractivity contribution in [2.45, 2.75) is 0 Å². The summed E-state index contributed by atoms with van der Waals surface area (Å²) in [5, 5.41) is 7.20. The number of anilines is 3. The molecule has 3 nitrogen and oxygen atoms in total. The van der Waals surface area contributed by atoms with Crippen LogP contribution >= 0.6 is 0 Å². The summed E-state index contributed by atoms with van der Waals surface area (Å²) in [6.45, 7) is 0. The first-order valence-electron chi connectivity index (χ1n) is 22.9. The van der Waals surface area contributed by atoms with E-state index < -0.39 is 0 Å². The maximum absolute atomic E-state index is 6.43. The Morgan fingerprint density at radius 3 is 1.60 bits per heavy atom. The van der Waals surface area contributed by atoms with Gasteiger partial charge in [0.25, 0.3) is 0 Å². The zero-order chi connectivity index (χ0) is 44.3. The maximum Gasteiger partial charge on any atom is 0.136 e. The van der Waals surface area contributed by atoms with Crippen molar-refractivity contribution in [3.63, 3.8) is 0 Å². The predicted molar refractivity (Wildman–Crippen MR) is 282 cm³/mol. The number of hydrogen-bond acceptors (Lipinski definition) is 2. The van der Waals surface area contributed by atoms with Crippen LogP contribution in [-0.4, -0.2) is 4.57 Å². The van der Waals surface area contributed by atoms with Gasteiger partial charge in [0.2, 0.25) is 0 Å². The highest BCUT2D eigenvalue weighted by Crippen LogP contribution is 2.47. The molecule has 0 N–H and O–H groups in total. The number of aromatic nitrogens is 1. The molecule has 0 saturated heterocycles. The molecule has 13 rings (SSSR count). The van der Waals surface area contributed by atoms with Gasteiger partial charge in [0.05, 0.1) is 22.4 Å². The Labute approximate surface area is 388 Å². The summed E-state index contributed by atoms with van der Waals surface area (Å²) in [6, 6.07) is 92.0. The van der Waals surface area contributed by atoms with Gasteiger partial charge in [-0.15, -0.1) is 0 Å². The molecule has 0 aliphatic rings. The normalized spacial score (nSPS) is 11.6. The van der Waals surface area contributed by atoms with E-state index in [0.29, 0.717) is 0 Å². The van der Waals surface area contributed by atoms with Crippen LogP contribution in [0.2, 0.25) is 0 Å². The Kier molecular flexibility index (Phi) is 9.17. The predicted octanol–water partition coefficient (Wildman–Crippen LogP) is 18.0. The second-order valence-electron chi connectivity index (χ2n) is 17.3. The highest BCUT2D eigenvalue weighted by atomic mass is 16.3. The molecule has 0 bridgehead atoms. The minimum absolute atomic E-state index is 0.876. The quantitative estimate of drug-likeness (QED) is 0.152. The van der Waals surface area contributed by atoms with Crippen molar-refractivity contribution < 1.29 is 4.42 Å². The number of furan rings is 1. The minimum atomic E-state index is 0.876. The van der Waals surface area contributed by atoms with E-state index in [1.165, 1.54) is 49.3 Å². The van der Waals surface area contributed by atoms with Crippen LogP contribution in [0.1, 0.15) is 0 Å². The number of benzene rings is 11. The molecule has 0 saturated carbocycles. The smallest absolute Gasteiger partial charge is 0.136 e. The molecule has 0 unspecified atom stereocenters. The van der Waals surface area contributed by atoms with Crippen LogP contribution in [0.4, 0.5) is 17.1 Å². The Balaban J connectivity index is 0.923. The lowest BCUT2D eigenvalue weighted by Crippen LogP contribution is -2.12. The van der Waals surface area contributed by atoms with Crippen LogP contribution < -0.4 is 4.90 Å². The van der Waals surface area contributed by atoms with Crippen LogP contribution in [0.5, 0.6) is 0 Å². The molecular formula is C64H42N2O. The van der Waals surface area contributed by atoms with Gasteiger partial charge in [-0.3, -0.25) is 0 Å². The van der Waals surface area contributed by atoms with Gasteiger partial charge in [-0.25, -0.2) is 0 Å². The Morgan fingerprint density at radius 1 is 0.299 bits per heavy atom. The molecule has 0 radical (unpaired) electrons. The molecule has 0 aliphatic heterocycles. The van der Waals surface area contributed by atoms with E-state index in [2.05, 4.69) is 252 Å². The Hall–Kier alpha value is -8.92. The van der Waals surface area contributed by atoms with Crippen molar-refractivity contribution in [3.8, 4) is 50.2 Å². The summed E-state index contributed by atoms with van der Waals surface area (Å²) < 4.78 is 8.82. The molecule has 314 valence electrons. The summed E-state index contributed by atoms with van der Waals surface area (Å²) in [5.41, 5.74) is 17.7. The van der Waals surface area contributed by atoms with E-state index in [0.717, 1.165) is 72.5 Å². The van der Waals surface area contributed by atoms with Gasteiger partial charge in [0.1, 0.15) is 11.2 Å². The fourth-order valence-corrected chi connectivity index (χ4v) is 10.3. The van der Waals surface area contributed by atoms with Crippen LogP contribution in [0, 0.1) is 0 Å². The Bertz CT molecular complexity index is 3950. The molecular weight excluding hydrogens is 813 g/mol. The molecule has 3 heteroatoms. The van der Waals surface area contributed by atoms with Crippen molar-refractivity contribution in [1.82, 2.24) is 4.57 Å². The molecule has 0 amide bonds. The highest BCUT2D eigenvalue weighted by Gasteiger charge is 2.22. The van der Waals surface area contributed by atoms with Gasteiger partial charge in [-0.1, -0.05) is 182 Å². The van der Waals surface area contributed by atoms with Crippen molar-refractivity contribution in [2.24, 2.45) is 0 Å². The topological polar surface area (TPSA) is 21.3 Å². The molecule has 2 aromatic heterocycles. The van der Waals surface area contributed by atoms with Crippen LogP contribution in [0.25, 0.3) is 105 Å². The van der Waals surface area contributed by atoms with E-state index in [4.69, 9.17) is 4.42 Å². The lowest BCUT2D eigenvalue weighted by atomic mass is 9.95. The number of fused-ring (bicyclic) bond motifs is 7. The monoisotopic (exact) mass is 854 g/mol. The lowest BCUT2D eigenvalue weighted by molar-refractivity contribution is 0.669. The number of rotatable bonds is 8. The molecule has 0 spiro atoms. The number of hydrogen-bond donors (Lipinski definition) is 0. The average Bonchev–Trinajstić information content (AvgIpc) is 3.95. The van der Waals surface area contributed by atoms with Crippen molar-refractivity contribution in [1.29, 1.82) is 0 Å². The summed E-state index contributed by atoms with van der Waals surface area (Å²) in [5.74, 6) is 0. The van der Waals surface area contributed by atoms with Crippen molar-refractivity contribution >= 4 is 71.6 Å². The van der Waals surface area contributed by atoms with Gasteiger partial charge < -0.3 is 13.9 Å². The van der Waals surface area contributed by atoms with Crippen LogP contribution in [0.15, 0.2) is 259 Å². The highest BCUT2D eigenvalue weighted by molar-refractivity contribution is 6.10. The third-order valence-corrected chi connectivity index (χ3v) is 13.4. The van der Waals surface area contributed by atoms with E-state index in [9.17, 15) is 0 Å². The van der Waals surface area contributed by atoms with Gasteiger partial charge in [-0.05, 0) is 117 Å². The summed E-state index contributed by atoms with van der Waals surface area (Å²) in [6.07, 6.45) is 0. The molecule has 13 aromatic rings. The lowest BCUT2D eigenvalue weighted by Gasteiger charge is -2.30. The van der Waals surface area contributed by atoms with Gasteiger partial charge >= 0.3 is 0 Å². The second kappa shape index (κ2) is 16.0. The largest absolute Gasteiger partial charge is 0.456 e. The number of para-hydroxylation sites is 5. The van der Waals surface area contributed by atoms with Crippen LogP contribution in [0.3, 0.4) is 0 Å². The Morgan fingerprint density at radius 2 is 0.821 bits per heavy atom. The van der Waals surface area contributed by atoms with Gasteiger partial charge in [-0.2, -0.15) is 0 Å². The molecule has 0 atom stereocenters. The third-order valence-electron chi connectivity index (χ3n) is 13.4. The number of nitrogens with zero attached hydrogens (tertiary/aromatic N) is 2. The van der Waals surface area contributed by atoms with E-state index in [1.807, 2.05) is 12.1 Å². The fraction of sp³-hybridized carbons (Fsp3) is 0. The van der Waals surface area contributed by atoms with E-state index in [-0.39, 0.29) is 0 Å². The van der Waals surface area contributed by atoms with E-state index >= 15 is 0 Å². The first-order valence-corrected chi connectivity index (χ1v) is 22.9. The first-order chi connectivity index (χ1) is 33.2. The molecule has 0 fully saturated rings. The van der Waals surface area contributed by atoms with Gasteiger partial charge in [0, 0.05) is 44.0 Å². The molecule has 0 aliphatic carbocycles. The standard InChI is InChI=1S/C64H42N2O/c1-2-22-51-44(16-1)17-15-28-53(51)54-24-4-9-30-60(54)65(59-29-8-3-23-52(59)48-36-39-58-57-27-7-12-33-63(57)67-64(58)42-48)49-37-34-43(35-38-49)45-18-13-19-46(40-45)47-20-14-21-50(41-47)66-61-31-10-5-25-55(61)56-26-6-11-32-62(56)66/h1-42H. The van der Waals surface area contributed by atoms with Crippen molar-refractivity contribution in [2.75, 3.05) is 4.90 Å². The molecule has 11 aromatic carbocycles. The zero-order valence-electron chi connectivity index (χ0n) is 36.6. The van der Waals surface area contributed by atoms with Crippen molar-refractivity contribution in [3.05, 3.63) is 255 Å². The summed E-state index contributed by atoms with van der Waals surface area (Å²) in [4.78, 5) is 2.43. The summed E-state index contributed by atoms with van der Waals surface area (Å²) in [7, 11) is 0. The molecule has 2 heterocycles. The maximum atomic E-state index is 6.43. The first kappa shape index (κ1) is 38.5. The van der Waals surface area contributed by atoms with E-state index in [1.54, 1.807) is 0 Å². The molecule has 67 heavy (non-hydrogen) atoms. The SMILES string of the molecule is c1cc(-c2ccc(N(c3ccccc3-c3ccc4c(c3)oc3ccccc34)c3ccccc3-c3cccc4ccccc34)cc2)cc(-c2cccc(-n3c4ccccc4c4ccccc43)c2)c1. The summed E-state index contributed by atoms with van der Waals surface area (Å²) >= 11 is 0. The fourth-order valence-electron chi connectivity index (χ4n) is 10.3. The van der Waals surface area contributed by atoms with Gasteiger partial charge in [0.15, 0.2) is 0 Å². The third kappa shape index (κ3) is 6.59. The average molecular weight is 855 g/mol. The minimum Gasteiger partial charge on any atom is -0.456 e. The second-order valence-corrected chi connectivity index (χ2v) is 17.3. The van der Waals surface area contributed by atoms with Crippen LogP contribution in [-0.2, 0) is 0 Å².